The van der Waals surface area contributed by atoms with Gasteiger partial charge in [-0.2, -0.15) is 4.98 Å². The average Bonchev–Trinajstić information content (AvgIpc) is 3.20. The Hall–Kier alpha value is -3.03. The Morgan fingerprint density at radius 2 is 2.00 bits per heavy atom. The second kappa shape index (κ2) is 6.84. The van der Waals surface area contributed by atoms with Crippen molar-refractivity contribution in [3.05, 3.63) is 41.5 Å². The van der Waals surface area contributed by atoms with Gasteiger partial charge in [-0.05, 0) is 18.2 Å². The molecule has 0 unspecified atom stereocenters. The highest BCUT2D eigenvalue weighted by Gasteiger charge is 2.30. The molecule has 0 saturated carbocycles. The fourth-order valence-corrected chi connectivity index (χ4v) is 2.41. The van der Waals surface area contributed by atoms with Gasteiger partial charge in [0.1, 0.15) is 0 Å². The van der Waals surface area contributed by atoms with Gasteiger partial charge in [-0.3, -0.25) is 14.5 Å². The summed E-state index contributed by atoms with van der Waals surface area (Å²) in [7, 11) is 0. The van der Waals surface area contributed by atoms with E-state index in [4.69, 9.17) is 9.26 Å². The summed E-state index contributed by atoms with van der Waals surface area (Å²) in [5.41, 5.74) is 0.593. The smallest absolute Gasteiger partial charge is 0.338 e. The molecule has 0 aliphatic carbocycles. The minimum absolute atomic E-state index is 0.111. The zero-order valence-corrected chi connectivity index (χ0v) is 13.9. The first-order valence-corrected chi connectivity index (χ1v) is 7.91. The van der Waals surface area contributed by atoms with Crippen molar-refractivity contribution in [2.45, 2.75) is 39.2 Å². The molecule has 0 N–H and O–H groups in total. The van der Waals surface area contributed by atoms with E-state index in [-0.39, 0.29) is 48.6 Å². The van der Waals surface area contributed by atoms with Gasteiger partial charge < -0.3 is 9.26 Å². The van der Waals surface area contributed by atoms with E-state index in [1.807, 2.05) is 13.8 Å². The molecular formula is C17H17N3O5. The summed E-state index contributed by atoms with van der Waals surface area (Å²) in [6.07, 6.45) is 0.367. The van der Waals surface area contributed by atoms with Crippen LogP contribution in [0.1, 0.15) is 54.7 Å². The van der Waals surface area contributed by atoms with Gasteiger partial charge in [0.15, 0.2) is 12.4 Å². The molecule has 0 atom stereocenters. The number of hydrogen-bond acceptors (Lipinski definition) is 7. The highest BCUT2D eigenvalue weighted by atomic mass is 16.6. The molecule has 2 amide bonds. The maximum Gasteiger partial charge on any atom is 0.338 e. The molecule has 8 nitrogen and oxygen atoms in total. The molecule has 8 heteroatoms. The second-order valence-electron chi connectivity index (χ2n) is 5.95. The van der Waals surface area contributed by atoms with Gasteiger partial charge in [0.05, 0.1) is 11.3 Å². The molecule has 1 saturated heterocycles. The average molecular weight is 343 g/mol. The third kappa shape index (κ3) is 3.57. The van der Waals surface area contributed by atoms with E-state index in [0.29, 0.717) is 11.5 Å². The number of rotatable bonds is 5. The number of aromatic nitrogens is 2. The number of amides is 2. The second-order valence-corrected chi connectivity index (χ2v) is 5.95. The van der Waals surface area contributed by atoms with Crippen LogP contribution in [-0.4, -0.2) is 27.9 Å². The Bertz CT molecular complexity index is 811. The summed E-state index contributed by atoms with van der Waals surface area (Å²) in [6, 6.07) is 6.19. The van der Waals surface area contributed by atoms with Crippen molar-refractivity contribution >= 4 is 23.5 Å². The monoisotopic (exact) mass is 343 g/mol. The van der Waals surface area contributed by atoms with E-state index in [1.54, 1.807) is 18.2 Å². The molecule has 130 valence electrons. The summed E-state index contributed by atoms with van der Waals surface area (Å²) in [4.78, 5) is 41.0. The van der Waals surface area contributed by atoms with Crippen LogP contribution in [0.4, 0.5) is 5.69 Å². The lowest BCUT2D eigenvalue weighted by Gasteiger charge is -2.14. The maximum atomic E-state index is 12.2. The first-order valence-electron chi connectivity index (χ1n) is 7.91. The Morgan fingerprint density at radius 1 is 1.28 bits per heavy atom. The predicted octanol–water partition coefficient (Wildman–Crippen LogP) is 2.20. The van der Waals surface area contributed by atoms with E-state index in [1.165, 1.54) is 6.07 Å². The lowest BCUT2D eigenvalue weighted by atomic mass is 10.2. The number of nitrogens with zero attached hydrogens (tertiary/aromatic N) is 3. The van der Waals surface area contributed by atoms with E-state index in [9.17, 15) is 14.4 Å². The van der Waals surface area contributed by atoms with E-state index >= 15 is 0 Å². The molecule has 2 heterocycles. The quantitative estimate of drug-likeness (QED) is 0.605. The third-order valence-corrected chi connectivity index (χ3v) is 3.72. The predicted molar refractivity (Wildman–Crippen MR) is 85.7 cm³/mol. The standard InChI is InChI=1S/C17H17N3O5/c1-10(2)16-18-13(25-19-16)9-24-17(23)11-4-3-5-12(8-11)20-14(21)6-7-15(20)22/h3-5,8,10H,6-7,9H2,1-2H3. The van der Waals surface area contributed by atoms with Crippen molar-refractivity contribution in [3.63, 3.8) is 0 Å². The molecule has 1 aliphatic rings. The molecule has 2 aromatic rings. The summed E-state index contributed by atoms with van der Waals surface area (Å²) < 4.78 is 10.2. The maximum absolute atomic E-state index is 12.2. The lowest BCUT2D eigenvalue weighted by molar-refractivity contribution is -0.121. The van der Waals surface area contributed by atoms with Gasteiger partial charge in [-0.15, -0.1) is 0 Å². The van der Waals surface area contributed by atoms with Crippen molar-refractivity contribution in [3.8, 4) is 0 Å². The Kier molecular flexibility index (Phi) is 4.60. The van der Waals surface area contributed by atoms with Crippen molar-refractivity contribution in [2.75, 3.05) is 4.90 Å². The number of anilines is 1. The first-order chi connectivity index (χ1) is 12.0. The molecule has 0 spiro atoms. The Morgan fingerprint density at radius 3 is 2.64 bits per heavy atom. The molecule has 0 bridgehead atoms. The number of esters is 1. The number of carbonyl (C=O) groups excluding carboxylic acids is 3. The Balaban J connectivity index is 1.69. The van der Waals surface area contributed by atoms with Crippen LogP contribution >= 0.6 is 0 Å². The van der Waals surface area contributed by atoms with Crippen LogP contribution in [0.15, 0.2) is 28.8 Å². The lowest BCUT2D eigenvalue weighted by Crippen LogP contribution is -2.28. The topological polar surface area (TPSA) is 103 Å². The van der Waals surface area contributed by atoms with Gasteiger partial charge in [0.2, 0.25) is 11.8 Å². The van der Waals surface area contributed by atoms with E-state index in [0.717, 1.165) is 4.90 Å². The number of hydrogen-bond donors (Lipinski definition) is 0. The van der Waals surface area contributed by atoms with Gasteiger partial charge in [0.25, 0.3) is 5.89 Å². The fourth-order valence-electron chi connectivity index (χ4n) is 2.41. The van der Waals surface area contributed by atoms with Gasteiger partial charge in [-0.1, -0.05) is 25.1 Å². The highest BCUT2D eigenvalue weighted by Crippen LogP contribution is 2.23. The van der Waals surface area contributed by atoms with Crippen LogP contribution in [0.2, 0.25) is 0 Å². The van der Waals surface area contributed by atoms with Crippen LogP contribution in [0.5, 0.6) is 0 Å². The molecule has 1 aromatic heterocycles. The third-order valence-electron chi connectivity index (χ3n) is 3.72. The molecule has 1 aromatic carbocycles. The number of ether oxygens (including phenoxy) is 1. The van der Waals surface area contributed by atoms with E-state index < -0.39 is 5.97 Å². The number of benzene rings is 1. The Labute approximate surface area is 143 Å². The van der Waals surface area contributed by atoms with Crippen LogP contribution in [0, 0.1) is 0 Å². The molecule has 3 rings (SSSR count). The largest absolute Gasteiger partial charge is 0.452 e. The molecule has 0 radical (unpaired) electrons. The summed E-state index contributed by atoms with van der Waals surface area (Å²) in [6.45, 7) is 3.70. The van der Waals surface area contributed by atoms with Crippen molar-refractivity contribution in [2.24, 2.45) is 0 Å². The summed E-state index contributed by atoms with van der Waals surface area (Å²) in [5, 5.41) is 3.79. The highest BCUT2D eigenvalue weighted by molar-refractivity contribution is 6.20. The van der Waals surface area contributed by atoms with E-state index in [2.05, 4.69) is 10.1 Å². The van der Waals surface area contributed by atoms with Crippen molar-refractivity contribution in [1.29, 1.82) is 0 Å². The number of imide groups is 1. The zero-order chi connectivity index (χ0) is 18.0. The van der Waals surface area contributed by atoms with Crippen molar-refractivity contribution in [1.82, 2.24) is 10.1 Å². The normalized spacial score (nSPS) is 14.4. The van der Waals surface area contributed by atoms with Gasteiger partial charge in [0, 0.05) is 18.8 Å². The SMILES string of the molecule is CC(C)c1noc(COC(=O)c2cccc(N3C(=O)CCC3=O)c2)n1. The van der Waals surface area contributed by atoms with Crippen LogP contribution in [-0.2, 0) is 20.9 Å². The number of carbonyl (C=O) groups is 3. The zero-order valence-electron chi connectivity index (χ0n) is 13.9. The minimum atomic E-state index is -0.606. The summed E-state index contributed by atoms with van der Waals surface area (Å²) >= 11 is 0. The minimum Gasteiger partial charge on any atom is -0.452 e. The molecule has 25 heavy (non-hydrogen) atoms. The molecule has 1 aliphatic heterocycles. The van der Waals surface area contributed by atoms with Crippen LogP contribution in [0.3, 0.4) is 0 Å². The van der Waals surface area contributed by atoms with Gasteiger partial charge >= 0.3 is 5.97 Å². The van der Waals surface area contributed by atoms with Gasteiger partial charge in [-0.25, -0.2) is 4.79 Å². The molecular weight excluding hydrogens is 326 g/mol. The van der Waals surface area contributed by atoms with Crippen LogP contribution < -0.4 is 4.90 Å². The first kappa shape index (κ1) is 16.8. The fraction of sp³-hybridized carbons (Fsp3) is 0.353. The summed E-state index contributed by atoms with van der Waals surface area (Å²) in [5.74, 6) is -0.298. The molecule has 1 fully saturated rings. The van der Waals surface area contributed by atoms with Crippen molar-refractivity contribution < 1.29 is 23.6 Å². The van der Waals surface area contributed by atoms with Crippen LogP contribution in [0.25, 0.3) is 0 Å².